The summed E-state index contributed by atoms with van der Waals surface area (Å²) in [4.78, 5) is 41.6. The second-order valence-corrected chi connectivity index (χ2v) is 8.01. The molecule has 0 radical (unpaired) electrons. The zero-order valence-corrected chi connectivity index (χ0v) is 17.1. The number of hydrogen-bond donors (Lipinski definition) is 4. The Morgan fingerprint density at radius 2 is 1.97 bits per heavy atom. The number of rotatable bonds is 4. The molecule has 160 valence electrons. The highest BCUT2D eigenvalue weighted by Gasteiger charge is 2.37. The average molecular weight is 443 g/mol. The summed E-state index contributed by atoms with van der Waals surface area (Å²) in [5, 5.41) is 17.8. The molecule has 2 aromatic carbocycles. The summed E-state index contributed by atoms with van der Waals surface area (Å²) in [6.45, 7) is 0.138. The molecule has 3 amide bonds. The van der Waals surface area contributed by atoms with Crippen LogP contribution in [0.5, 0.6) is 0 Å². The molecule has 1 aromatic heterocycles. The van der Waals surface area contributed by atoms with Crippen molar-refractivity contribution < 1.29 is 23.9 Å². The number of amides is 3. The lowest BCUT2D eigenvalue weighted by molar-refractivity contribution is -0.152. The van der Waals surface area contributed by atoms with E-state index in [4.69, 9.17) is 0 Å². The van der Waals surface area contributed by atoms with E-state index in [2.05, 4.69) is 20.9 Å². The maximum atomic E-state index is 13.0. The normalized spacial score (nSPS) is 18.8. The molecule has 9 nitrogen and oxygen atoms in total. The molecule has 0 bridgehead atoms. The van der Waals surface area contributed by atoms with Gasteiger partial charge in [0.2, 0.25) is 5.91 Å². The maximum Gasteiger partial charge on any atom is 0.327 e. The van der Waals surface area contributed by atoms with Crippen molar-refractivity contribution in [2.75, 3.05) is 24.2 Å². The highest BCUT2D eigenvalue weighted by atomic mass is 32.1. The third-order valence-corrected chi connectivity index (χ3v) is 5.86. The number of likely N-dealkylation sites (N-methyl/N-ethyl adjacent to an activating group) is 1. The van der Waals surface area contributed by atoms with E-state index in [0.29, 0.717) is 21.9 Å². The molecule has 1 fully saturated rings. The molecule has 2 heterocycles. The average Bonchev–Trinajstić information content (AvgIpc) is 3.12. The van der Waals surface area contributed by atoms with Gasteiger partial charge in [-0.05, 0) is 42.0 Å². The van der Waals surface area contributed by atoms with Crippen LogP contribution < -0.4 is 16.0 Å². The van der Waals surface area contributed by atoms with E-state index >= 15 is 0 Å². The first-order valence-corrected chi connectivity index (χ1v) is 10.1. The molecule has 1 aliphatic heterocycles. The van der Waals surface area contributed by atoms with E-state index < -0.39 is 29.9 Å². The van der Waals surface area contributed by atoms with Gasteiger partial charge in [0.1, 0.15) is 17.9 Å². The van der Waals surface area contributed by atoms with Crippen molar-refractivity contribution in [3.8, 4) is 0 Å². The van der Waals surface area contributed by atoms with Crippen LogP contribution in [0.3, 0.4) is 0 Å². The molecular formula is C20H18FN5O4S. The Bertz CT molecular complexity index is 1170. The maximum absolute atomic E-state index is 13.0. The van der Waals surface area contributed by atoms with Crippen LogP contribution in [0.4, 0.5) is 20.0 Å². The Kier molecular flexibility index (Phi) is 5.53. The highest BCUT2D eigenvalue weighted by molar-refractivity contribution is 7.22. The first kappa shape index (κ1) is 20.7. The van der Waals surface area contributed by atoms with Gasteiger partial charge in [0.15, 0.2) is 5.13 Å². The number of urea groups is 1. The Hall–Kier alpha value is -3.57. The van der Waals surface area contributed by atoms with Gasteiger partial charge in [0.25, 0.3) is 0 Å². The summed E-state index contributed by atoms with van der Waals surface area (Å²) in [7, 11) is 1.47. The van der Waals surface area contributed by atoms with Gasteiger partial charge in [0, 0.05) is 19.3 Å². The molecule has 4 N–H and O–H groups in total. The second kappa shape index (κ2) is 8.28. The van der Waals surface area contributed by atoms with Crippen LogP contribution in [0.1, 0.15) is 11.6 Å². The SMILES string of the molecule is CN1C(=O)C(c2ccc3nc(NC(=O)Nc4ccc(F)cc4)sc3c2)NC[C@H]1C(=O)O. The summed E-state index contributed by atoms with van der Waals surface area (Å²) in [6.07, 6.45) is 0. The predicted molar refractivity (Wildman–Crippen MR) is 114 cm³/mol. The fourth-order valence-electron chi connectivity index (χ4n) is 3.29. The van der Waals surface area contributed by atoms with Crippen molar-refractivity contribution in [3.63, 3.8) is 0 Å². The van der Waals surface area contributed by atoms with Gasteiger partial charge in [0.05, 0.1) is 10.2 Å². The Balaban J connectivity index is 1.48. The molecule has 4 rings (SSSR count). The van der Waals surface area contributed by atoms with Crippen LogP contribution in [0, 0.1) is 5.82 Å². The number of hydrogen-bond acceptors (Lipinski definition) is 6. The number of carbonyl (C=O) groups is 3. The largest absolute Gasteiger partial charge is 0.480 e. The molecule has 3 aromatic rings. The molecule has 1 unspecified atom stereocenters. The van der Waals surface area contributed by atoms with Gasteiger partial charge in [-0.2, -0.15) is 0 Å². The molecule has 31 heavy (non-hydrogen) atoms. The minimum atomic E-state index is -1.06. The third-order valence-electron chi connectivity index (χ3n) is 4.93. The fourth-order valence-corrected chi connectivity index (χ4v) is 4.20. The van der Waals surface area contributed by atoms with E-state index in [-0.39, 0.29) is 12.5 Å². The zero-order chi connectivity index (χ0) is 22.1. The van der Waals surface area contributed by atoms with E-state index in [1.165, 1.54) is 47.5 Å². The Morgan fingerprint density at radius 1 is 1.23 bits per heavy atom. The van der Waals surface area contributed by atoms with E-state index in [9.17, 15) is 23.9 Å². The molecule has 2 atom stereocenters. The number of benzene rings is 2. The monoisotopic (exact) mass is 443 g/mol. The topological polar surface area (TPSA) is 124 Å². The van der Waals surface area contributed by atoms with Crippen LogP contribution in [-0.2, 0) is 9.59 Å². The standard InChI is InChI=1S/C20H18FN5O4S/c1-26-14(18(28)29)9-22-16(17(26)27)10-2-7-13-15(8-10)31-20(24-13)25-19(30)23-12-5-3-11(21)4-6-12/h2-8,14,16,22H,9H2,1H3,(H,28,29)(H2,23,24,25,30)/t14-,16?/m0/s1. The van der Waals surface area contributed by atoms with E-state index in [1.54, 1.807) is 18.2 Å². The number of aromatic nitrogens is 1. The second-order valence-electron chi connectivity index (χ2n) is 6.98. The van der Waals surface area contributed by atoms with E-state index in [0.717, 1.165) is 4.70 Å². The van der Waals surface area contributed by atoms with Crippen molar-refractivity contribution in [2.45, 2.75) is 12.1 Å². The van der Waals surface area contributed by atoms with Crippen LogP contribution >= 0.6 is 11.3 Å². The minimum absolute atomic E-state index is 0.138. The highest BCUT2D eigenvalue weighted by Crippen LogP contribution is 2.30. The lowest BCUT2D eigenvalue weighted by atomic mass is 10.0. The number of carboxylic acids is 1. The Morgan fingerprint density at radius 3 is 2.68 bits per heavy atom. The molecule has 0 spiro atoms. The number of aliphatic carboxylic acids is 1. The molecule has 0 aliphatic carbocycles. The first-order chi connectivity index (χ1) is 14.8. The number of carboxylic acid groups (broad SMARTS) is 1. The zero-order valence-electron chi connectivity index (χ0n) is 16.3. The molecule has 1 aliphatic rings. The van der Waals surface area contributed by atoms with Crippen molar-refractivity contribution in [1.29, 1.82) is 0 Å². The molecule has 1 saturated heterocycles. The van der Waals surface area contributed by atoms with Gasteiger partial charge in [-0.15, -0.1) is 0 Å². The fraction of sp³-hybridized carbons (Fsp3) is 0.200. The van der Waals surface area contributed by atoms with Crippen LogP contribution in [0.15, 0.2) is 42.5 Å². The van der Waals surface area contributed by atoms with Crippen LogP contribution in [0.2, 0.25) is 0 Å². The summed E-state index contributed by atoms with van der Waals surface area (Å²) in [5.74, 6) is -1.79. The molecular weight excluding hydrogens is 425 g/mol. The smallest absolute Gasteiger partial charge is 0.327 e. The van der Waals surface area contributed by atoms with Gasteiger partial charge in [-0.1, -0.05) is 17.4 Å². The van der Waals surface area contributed by atoms with Crippen LogP contribution in [0.25, 0.3) is 10.2 Å². The molecule has 11 heteroatoms. The number of halogens is 1. The van der Waals surface area contributed by atoms with Gasteiger partial charge in [-0.25, -0.2) is 19.0 Å². The van der Waals surface area contributed by atoms with E-state index in [1.807, 2.05) is 0 Å². The third kappa shape index (κ3) is 4.32. The summed E-state index contributed by atoms with van der Waals surface area (Å²) < 4.78 is 13.7. The number of anilines is 2. The number of nitrogens with one attached hydrogen (secondary N) is 3. The predicted octanol–water partition coefficient (Wildman–Crippen LogP) is 2.64. The quantitative estimate of drug-likeness (QED) is 0.492. The Labute approximate surface area is 179 Å². The first-order valence-electron chi connectivity index (χ1n) is 9.29. The lowest BCUT2D eigenvalue weighted by Gasteiger charge is -2.35. The number of thiazole rings is 1. The van der Waals surface area contributed by atoms with Crippen molar-refractivity contribution in [2.24, 2.45) is 0 Å². The number of nitrogens with zero attached hydrogens (tertiary/aromatic N) is 2. The number of carbonyl (C=O) groups excluding carboxylic acids is 2. The van der Waals surface area contributed by atoms with Crippen LogP contribution in [-0.4, -0.2) is 52.5 Å². The summed E-state index contributed by atoms with van der Waals surface area (Å²) >= 11 is 1.23. The lowest BCUT2D eigenvalue weighted by Crippen LogP contribution is -2.57. The van der Waals surface area contributed by atoms with Crippen molar-refractivity contribution in [1.82, 2.24) is 15.2 Å². The number of fused-ring (bicyclic) bond motifs is 1. The summed E-state index contributed by atoms with van der Waals surface area (Å²) in [6, 6.07) is 8.56. The summed E-state index contributed by atoms with van der Waals surface area (Å²) in [5.41, 5.74) is 1.76. The van der Waals surface area contributed by atoms with Gasteiger partial charge in [-0.3, -0.25) is 15.4 Å². The van der Waals surface area contributed by atoms with Crippen molar-refractivity contribution >= 4 is 50.3 Å². The van der Waals surface area contributed by atoms with Crippen molar-refractivity contribution in [3.05, 3.63) is 53.8 Å². The number of piperazine rings is 1. The van der Waals surface area contributed by atoms with Gasteiger partial charge >= 0.3 is 12.0 Å². The molecule has 0 saturated carbocycles. The van der Waals surface area contributed by atoms with Gasteiger partial charge < -0.3 is 15.3 Å². The minimum Gasteiger partial charge on any atom is -0.480 e.